The second-order valence-corrected chi connectivity index (χ2v) is 11.5. The molecule has 0 saturated carbocycles. The number of rotatable bonds is 10. The van der Waals surface area contributed by atoms with E-state index < -0.39 is 30.1 Å². The van der Waals surface area contributed by atoms with Crippen LogP contribution in [0.25, 0.3) is 10.6 Å². The maximum absolute atomic E-state index is 14.3. The molecule has 0 spiro atoms. The van der Waals surface area contributed by atoms with E-state index in [-0.39, 0.29) is 22.6 Å². The van der Waals surface area contributed by atoms with Gasteiger partial charge in [-0.25, -0.2) is 14.2 Å². The van der Waals surface area contributed by atoms with Crippen molar-refractivity contribution in [2.24, 2.45) is 0 Å². The molecular weight excluding hydrogens is 590 g/mol. The SMILES string of the molecule is Cc1cc(SC(C)c2sc(-c3ccc(C(F)(F)F)cc3)nc2COc2c(F)cccc2Cl)ccc1OCC(=O)O. The van der Waals surface area contributed by atoms with Gasteiger partial charge in [0.15, 0.2) is 18.2 Å². The summed E-state index contributed by atoms with van der Waals surface area (Å²) >= 11 is 8.90. The second kappa shape index (κ2) is 12.5. The number of carbonyl (C=O) groups is 1. The molecule has 0 amide bonds. The zero-order chi connectivity index (χ0) is 29.0. The Bertz CT molecular complexity index is 1490. The molecule has 0 aliphatic rings. The van der Waals surface area contributed by atoms with Crippen molar-refractivity contribution >= 4 is 40.7 Å². The molecule has 210 valence electrons. The third-order valence-corrected chi connectivity index (χ3v) is 8.53. The van der Waals surface area contributed by atoms with Gasteiger partial charge in [-0.05, 0) is 61.9 Å². The van der Waals surface area contributed by atoms with Gasteiger partial charge in [0.2, 0.25) is 0 Å². The van der Waals surface area contributed by atoms with E-state index in [1.807, 2.05) is 13.0 Å². The number of nitrogens with zero attached hydrogens (tertiary/aromatic N) is 1. The molecule has 0 fully saturated rings. The van der Waals surface area contributed by atoms with Crippen LogP contribution in [0, 0.1) is 12.7 Å². The molecule has 1 heterocycles. The summed E-state index contributed by atoms with van der Waals surface area (Å²) in [5.74, 6) is -1.37. The van der Waals surface area contributed by atoms with E-state index >= 15 is 0 Å². The molecule has 1 N–H and O–H groups in total. The van der Waals surface area contributed by atoms with Gasteiger partial charge in [-0.1, -0.05) is 29.8 Å². The van der Waals surface area contributed by atoms with E-state index in [4.69, 9.17) is 26.2 Å². The lowest BCUT2D eigenvalue weighted by molar-refractivity contribution is -0.139. The molecule has 40 heavy (non-hydrogen) atoms. The Balaban J connectivity index is 1.62. The van der Waals surface area contributed by atoms with Crippen LogP contribution in [0.1, 0.15) is 33.9 Å². The van der Waals surface area contributed by atoms with E-state index in [1.54, 1.807) is 19.1 Å². The lowest BCUT2D eigenvalue weighted by atomic mass is 10.1. The first-order chi connectivity index (χ1) is 18.9. The smallest absolute Gasteiger partial charge is 0.416 e. The number of para-hydroxylation sites is 1. The lowest BCUT2D eigenvalue weighted by Gasteiger charge is -2.14. The number of carboxylic acids is 1. The van der Waals surface area contributed by atoms with Crippen LogP contribution in [-0.4, -0.2) is 22.7 Å². The third-order valence-electron chi connectivity index (χ3n) is 5.64. The molecule has 1 unspecified atom stereocenters. The maximum atomic E-state index is 14.3. The molecule has 1 aromatic heterocycles. The highest BCUT2D eigenvalue weighted by Gasteiger charge is 2.30. The first kappa shape index (κ1) is 29.7. The molecule has 0 aliphatic heterocycles. The monoisotopic (exact) mass is 611 g/mol. The molecule has 0 bridgehead atoms. The zero-order valence-electron chi connectivity index (χ0n) is 21.1. The van der Waals surface area contributed by atoms with Crippen molar-refractivity contribution < 1.29 is 36.9 Å². The van der Waals surface area contributed by atoms with Crippen LogP contribution in [0.5, 0.6) is 11.5 Å². The average molecular weight is 612 g/mol. The van der Waals surface area contributed by atoms with Crippen molar-refractivity contribution in [2.45, 2.75) is 36.8 Å². The molecule has 4 rings (SSSR count). The fraction of sp³-hybridized carbons (Fsp3) is 0.214. The van der Waals surface area contributed by atoms with Crippen LogP contribution < -0.4 is 9.47 Å². The standard InChI is InChI=1S/C28H22ClF4NO4S2/c1-15-12-19(10-11-23(15)37-14-24(35)36)39-16(2)26-22(13-38-25-20(29)4-3-5-21(25)30)34-27(40-26)17-6-8-18(9-7-17)28(31,32)33/h3-12,16H,13-14H2,1-2H3,(H,35,36). The second-order valence-electron chi connectivity index (χ2n) is 8.61. The normalized spacial score (nSPS) is 12.3. The van der Waals surface area contributed by atoms with Crippen LogP contribution in [-0.2, 0) is 17.6 Å². The summed E-state index contributed by atoms with van der Waals surface area (Å²) < 4.78 is 64.5. The Hall–Kier alpha value is -3.28. The number of aliphatic carboxylic acids is 1. The molecule has 4 aromatic rings. The van der Waals surface area contributed by atoms with Crippen molar-refractivity contribution in [3.63, 3.8) is 0 Å². The Morgan fingerprint density at radius 3 is 2.48 bits per heavy atom. The van der Waals surface area contributed by atoms with Crippen molar-refractivity contribution in [2.75, 3.05) is 6.61 Å². The van der Waals surface area contributed by atoms with Crippen LogP contribution >= 0.6 is 34.7 Å². The van der Waals surface area contributed by atoms with Crippen LogP contribution in [0.15, 0.2) is 65.6 Å². The number of carboxylic acid groups (broad SMARTS) is 1. The molecule has 3 aromatic carbocycles. The highest BCUT2D eigenvalue weighted by molar-refractivity contribution is 7.99. The largest absolute Gasteiger partial charge is 0.483 e. The van der Waals surface area contributed by atoms with E-state index in [2.05, 4.69) is 4.98 Å². The Labute approximate surface area is 240 Å². The molecule has 5 nitrogen and oxygen atoms in total. The molecular formula is C28H22ClF4NO4S2. The molecule has 1 atom stereocenters. The van der Waals surface area contributed by atoms with Gasteiger partial charge >= 0.3 is 12.1 Å². The van der Waals surface area contributed by atoms with Gasteiger partial charge in [0.25, 0.3) is 0 Å². The predicted molar refractivity (Wildman–Crippen MR) is 147 cm³/mol. The summed E-state index contributed by atoms with van der Waals surface area (Å²) in [7, 11) is 0. The average Bonchev–Trinajstić information content (AvgIpc) is 3.32. The maximum Gasteiger partial charge on any atom is 0.416 e. The van der Waals surface area contributed by atoms with Gasteiger partial charge in [-0.15, -0.1) is 23.1 Å². The Kier molecular flexibility index (Phi) is 9.27. The fourth-order valence-electron chi connectivity index (χ4n) is 3.73. The first-order valence-electron chi connectivity index (χ1n) is 11.8. The summed E-state index contributed by atoms with van der Waals surface area (Å²) in [6.45, 7) is 3.18. The summed E-state index contributed by atoms with van der Waals surface area (Å²) in [6, 6.07) is 14.3. The number of alkyl halides is 3. The number of ether oxygens (including phenoxy) is 2. The highest BCUT2D eigenvalue weighted by atomic mass is 35.5. The third kappa shape index (κ3) is 7.26. The van der Waals surface area contributed by atoms with Crippen molar-refractivity contribution in [1.29, 1.82) is 0 Å². The first-order valence-corrected chi connectivity index (χ1v) is 13.9. The molecule has 0 saturated heterocycles. The van der Waals surface area contributed by atoms with E-state index in [9.17, 15) is 22.4 Å². The van der Waals surface area contributed by atoms with E-state index in [1.165, 1.54) is 53.4 Å². The van der Waals surface area contributed by atoms with Gasteiger partial charge < -0.3 is 14.6 Å². The minimum Gasteiger partial charge on any atom is -0.483 e. The van der Waals surface area contributed by atoms with Gasteiger partial charge in [0.05, 0.1) is 16.3 Å². The summed E-state index contributed by atoms with van der Waals surface area (Å²) in [6.07, 6.45) is -4.46. The predicted octanol–water partition coefficient (Wildman–Crippen LogP) is 8.83. The van der Waals surface area contributed by atoms with Crippen molar-refractivity contribution in [3.05, 3.63) is 93.2 Å². The zero-order valence-corrected chi connectivity index (χ0v) is 23.5. The van der Waals surface area contributed by atoms with Gasteiger partial charge in [-0.3, -0.25) is 0 Å². The highest BCUT2D eigenvalue weighted by Crippen LogP contribution is 2.43. The van der Waals surface area contributed by atoms with Gasteiger partial charge in [-0.2, -0.15) is 13.2 Å². The fourth-order valence-corrected chi connectivity index (χ4v) is 6.28. The minimum absolute atomic E-state index is 0.0999. The molecule has 0 radical (unpaired) electrons. The number of benzene rings is 3. The minimum atomic E-state index is -4.46. The van der Waals surface area contributed by atoms with Crippen LogP contribution in [0.3, 0.4) is 0 Å². The van der Waals surface area contributed by atoms with Gasteiger partial charge in [0, 0.05) is 20.6 Å². The number of hydrogen-bond donors (Lipinski definition) is 1. The van der Waals surface area contributed by atoms with Crippen molar-refractivity contribution in [1.82, 2.24) is 4.98 Å². The van der Waals surface area contributed by atoms with Crippen LogP contribution in [0.2, 0.25) is 5.02 Å². The number of thioether (sulfide) groups is 1. The van der Waals surface area contributed by atoms with Gasteiger partial charge in [0.1, 0.15) is 17.4 Å². The number of thiazole rings is 1. The van der Waals surface area contributed by atoms with Crippen LogP contribution in [0.4, 0.5) is 17.6 Å². The molecule has 12 heteroatoms. The van der Waals surface area contributed by atoms with E-state index in [0.29, 0.717) is 22.0 Å². The lowest BCUT2D eigenvalue weighted by Crippen LogP contribution is -2.10. The Morgan fingerprint density at radius 2 is 1.85 bits per heavy atom. The number of hydrogen-bond acceptors (Lipinski definition) is 6. The quantitative estimate of drug-likeness (QED) is 0.143. The number of halogens is 5. The topological polar surface area (TPSA) is 68.7 Å². The number of aryl methyl sites for hydroxylation is 1. The Morgan fingerprint density at radius 1 is 1.12 bits per heavy atom. The summed E-state index contributed by atoms with van der Waals surface area (Å²) in [5, 5.41) is 9.26. The number of aromatic nitrogens is 1. The molecule has 0 aliphatic carbocycles. The van der Waals surface area contributed by atoms with Crippen molar-refractivity contribution in [3.8, 4) is 22.1 Å². The van der Waals surface area contributed by atoms with E-state index in [0.717, 1.165) is 27.5 Å². The summed E-state index contributed by atoms with van der Waals surface area (Å²) in [5.41, 5.74) is 0.992. The summed E-state index contributed by atoms with van der Waals surface area (Å²) in [4.78, 5) is 17.1.